The minimum absolute atomic E-state index is 0.133. The van der Waals surface area contributed by atoms with Crippen LogP contribution in [0.3, 0.4) is 0 Å². The van der Waals surface area contributed by atoms with Crippen LogP contribution in [0.5, 0.6) is 0 Å². The van der Waals surface area contributed by atoms with Gasteiger partial charge >= 0.3 is 13.5 Å². The van der Waals surface area contributed by atoms with Gasteiger partial charge in [0, 0.05) is 29.5 Å². The maximum absolute atomic E-state index is 12.1. The van der Waals surface area contributed by atoms with E-state index in [2.05, 4.69) is 9.51 Å². The molecule has 0 spiro atoms. The summed E-state index contributed by atoms with van der Waals surface area (Å²) in [6, 6.07) is 0. The van der Waals surface area contributed by atoms with E-state index in [0.717, 1.165) is 0 Å². The third-order valence-electron chi connectivity index (χ3n) is 4.15. The normalized spacial score (nSPS) is 22.9. The van der Waals surface area contributed by atoms with Gasteiger partial charge in [0.25, 0.3) is 5.56 Å². The summed E-state index contributed by atoms with van der Waals surface area (Å²) >= 11 is 0. The molecule has 166 valence electrons. The molecule has 0 aliphatic carbocycles. The molecule has 0 radical (unpaired) electrons. The molecule has 14 heteroatoms. The average molecular weight is 471 g/mol. The number of H-pyrrole nitrogens is 1. The van der Waals surface area contributed by atoms with Gasteiger partial charge in [-0.05, 0) is 20.8 Å². The minimum Gasteiger partial charge on any atom is -0.364 e. The van der Waals surface area contributed by atoms with Crippen LogP contribution in [-0.4, -0.2) is 55.4 Å². The number of nitrogens with zero attached hydrogens (tertiary/aromatic N) is 1. The van der Waals surface area contributed by atoms with Crippen LogP contribution < -0.4 is 17.0 Å². The van der Waals surface area contributed by atoms with Crippen molar-refractivity contribution in [3.05, 3.63) is 32.6 Å². The number of aryl methyl sites for hydroxylation is 1. The zero-order valence-corrected chi connectivity index (χ0v) is 18.8. The molecule has 0 aromatic carbocycles. The van der Waals surface area contributed by atoms with Crippen LogP contribution >= 0.6 is 29.4 Å². The zero-order chi connectivity index (χ0) is 21.8. The second kappa shape index (κ2) is 10.1. The van der Waals surface area contributed by atoms with Crippen molar-refractivity contribution < 1.29 is 28.3 Å². The molecule has 2 rings (SSSR count). The molecule has 2 heterocycles. The summed E-state index contributed by atoms with van der Waals surface area (Å²) in [5, 5.41) is 0. The van der Waals surface area contributed by atoms with Gasteiger partial charge in [-0.3, -0.25) is 18.9 Å². The number of phosphoric ester groups is 1. The predicted molar refractivity (Wildman–Crippen MR) is 111 cm³/mol. The number of phosphoric acid groups is 1. The zero-order valence-electron chi connectivity index (χ0n) is 16.3. The van der Waals surface area contributed by atoms with E-state index >= 15 is 0 Å². The molecule has 0 amide bonds. The van der Waals surface area contributed by atoms with Gasteiger partial charge in [-0.15, -0.1) is 0 Å². The summed E-state index contributed by atoms with van der Waals surface area (Å²) in [5.41, 5.74) is 4.89. The minimum atomic E-state index is -4.69. The second-order valence-electron chi connectivity index (χ2n) is 7.12. The van der Waals surface area contributed by atoms with Crippen LogP contribution in [0.2, 0.25) is 0 Å². The fourth-order valence-corrected chi connectivity index (χ4v) is 4.98. The first-order valence-electron chi connectivity index (χ1n) is 8.72. The first-order valence-corrected chi connectivity index (χ1v) is 12.6. The van der Waals surface area contributed by atoms with Gasteiger partial charge < -0.3 is 25.0 Å². The van der Waals surface area contributed by atoms with Gasteiger partial charge in [0.1, 0.15) is 18.3 Å². The lowest BCUT2D eigenvalue weighted by atomic mass is 10.2. The predicted octanol–water partition coefficient (Wildman–Crippen LogP) is 0.703. The number of hydrogen-bond donors (Lipinski definition) is 4. The van der Waals surface area contributed by atoms with Crippen molar-refractivity contribution in [1.82, 2.24) is 9.55 Å². The molecule has 29 heavy (non-hydrogen) atoms. The Bertz CT molecular complexity index is 855. The third-order valence-corrected chi connectivity index (χ3v) is 7.60. The molecule has 1 unspecified atom stereocenters. The lowest BCUT2D eigenvalue weighted by Crippen LogP contribution is -2.33. The van der Waals surface area contributed by atoms with E-state index in [1.165, 1.54) is 21.6 Å². The molecule has 1 aromatic heterocycles. The molecule has 11 nitrogen and oxygen atoms in total. The summed E-state index contributed by atoms with van der Waals surface area (Å²) < 4.78 is 28.3. The molecule has 0 saturated carbocycles. The van der Waals surface area contributed by atoms with Crippen LogP contribution in [0.4, 0.5) is 0 Å². The van der Waals surface area contributed by atoms with Gasteiger partial charge in [-0.1, -0.05) is 21.6 Å². The summed E-state index contributed by atoms with van der Waals surface area (Å²) in [6.45, 7) is 5.64. The molecule has 5 N–H and O–H groups in total. The van der Waals surface area contributed by atoms with Gasteiger partial charge in [0.15, 0.2) is 0 Å². The topological polar surface area (TPSA) is 166 Å². The Balaban J connectivity index is 2.08. The second-order valence-corrected chi connectivity index (χ2v) is 11.3. The Hall–Kier alpha value is -0.630. The van der Waals surface area contributed by atoms with Gasteiger partial charge in [0.2, 0.25) is 0 Å². The van der Waals surface area contributed by atoms with Crippen molar-refractivity contribution >= 4 is 29.4 Å². The van der Waals surface area contributed by atoms with Crippen LogP contribution in [0.25, 0.3) is 0 Å². The Morgan fingerprint density at radius 3 is 2.76 bits per heavy atom. The van der Waals surface area contributed by atoms with E-state index < -0.39 is 44.1 Å². The maximum Gasteiger partial charge on any atom is 0.469 e. The van der Waals surface area contributed by atoms with E-state index in [-0.39, 0.29) is 17.1 Å². The number of rotatable bonds is 10. The number of aromatic nitrogens is 2. The van der Waals surface area contributed by atoms with E-state index in [9.17, 15) is 14.2 Å². The molecule has 3 atom stereocenters. The van der Waals surface area contributed by atoms with Gasteiger partial charge in [0.05, 0.1) is 12.7 Å². The first-order chi connectivity index (χ1) is 13.4. The quantitative estimate of drug-likeness (QED) is 0.164. The van der Waals surface area contributed by atoms with Crippen LogP contribution in [0.1, 0.15) is 32.1 Å². The largest absolute Gasteiger partial charge is 0.469 e. The van der Waals surface area contributed by atoms with Crippen LogP contribution in [0, 0.1) is 6.92 Å². The number of nitrogens with one attached hydrogen (secondary N) is 1. The standard InChI is InChI=1S/C15H26N3O8PS2/c1-9-5-18(14(20)17-13(9)19)12-4-10(11(26-12)6-25-27(21,22)23)24-8-28-29-15(2,3)7-16/h5,10-12H,4,6-8,16H2,1-3H3,(H,17,19,20)(H2,21,22,23)/t10?,11-,12-/m1/s1. The molecular formula is C15H26N3O8PS2. The maximum atomic E-state index is 12.1. The number of nitrogens with two attached hydrogens (primary N) is 1. The monoisotopic (exact) mass is 471 g/mol. The highest BCUT2D eigenvalue weighted by Crippen LogP contribution is 2.40. The first kappa shape index (κ1) is 24.6. The van der Waals surface area contributed by atoms with Crippen molar-refractivity contribution in [2.45, 2.75) is 50.4 Å². The molecule has 1 saturated heterocycles. The fourth-order valence-electron chi connectivity index (χ4n) is 2.50. The molecule has 1 aliphatic rings. The Morgan fingerprint density at radius 2 is 2.14 bits per heavy atom. The van der Waals surface area contributed by atoms with Crippen LogP contribution in [-0.2, 0) is 18.6 Å². The van der Waals surface area contributed by atoms with Crippen molar-refractivity contribution in [2.75, 3.05) is 19.1 Å². The lowest BCUT2D eigenvalue weighted by molar-refractivity contribution is -0.0544. The highest BCUT2D eigenvalue weighted by atomic mass is 33.1. The van der Waals surface area contributed by atoms with Crippen molar-refractivity contribution in [3.63, 3.8) is 0 Å². The van der Waals surface area contributed by atoms with E-state index in [1.54, 1.807) is 17.7 Å². The van der Waals surface area contributed by atoms with E-state index in [1.807, 2.05) is 13.8 Å². The van der Waals surface area contributed by atoms with Gasteiger partial charge in [-0.25, -0.2) is 9.36 Å². The van der Waals surface area contributed by atoms with E-state index in [0.29, 0.717) is 12.1 Å². The Labute approximate surface area is 175 Å². The molecule has 1 aromatic rings. The summed E-state index contributed by atoms with van der Waals surface area (Å²) in [7, 11) is -1.68. The summed E-state index contributed by atoms with van der Waals surface area (Å²) in [5.74, 6) is 0.279. The molecule has 0 bridgehead atoms. The Kier molecular flexibility index (Phi) is 8.60. The SMILES string of the molecule is Cc1cn([C@H]2CC(OCSSC(C)(C)CN)[C@@H](COP(=O)(O)O)O2)c(=O)[nH]c1=O. The van der Waals surface area contributed by atoms with Crippen molar-refractivity contribution in [3.8, 4) is 0 Å². The Morgan fingerprint density at radius 1 is 1.45 bits per heavy atom. The highest BCUT2D eigenvalue weighted by Gasteiger charge is 2.39. The van der Waals surface area contributed by atoms with Crippen molar-refractivity contribution in [2.24, 2.45) is 5.73 Å². The van der Waals surface area contributed by atoms with Gasteiger partial charge in [-0.2, -0.15) is 0 Å². The van der Waals surface area contributed by atoms with E-state index in [4.69, 9.17) is 25.0 Å². The number of aromatic amines is 1. The third kappa shape index (κ3) is 7.53. The molecule has 1 fully saturated rings. The highest BCUT2D eigenvalue weighted by molar-refractivity contribution is 8.77. The average Bonchev–Trinajstić information content (AvgIpc) is 3.02. The molecule has 1 aliphatic heterocycles. The smallest absolute Gasteiger partial charge is 0.364 e. The summed E-state index contributed by atoms with van der Waals surface area (Å²) in [6.07, 6.45) is -0.526. The number of hydrogen-bond acceptors (Lipinski definition) is 9. The fraction of sp³-hybridized carbons (Fsp3) is 0.733. The lowest BCUT2D eigenvalue weighted by Gasteiger charge is -2.22. The number of ether oxygens (including phenoxy) is 2. The summed E-state index contributed by atoms with van der Waals surface area (Å²) in [4.78, 5) is 43.8. The molecular weight excluding hydrogens is 445 g/mol. The van der Waals surface area contributed by atoms with Crippen LogP contribution in [0.15, 0.2) is 15.8 Å². The van der Waals surface area contributed by atoms with Crippen molar-refractivity contribution in [1.29, 1.82) is 0 Å².